The third-order valence-corrected chi connectivity index (χ3v) is 13.3. The number of para-hydroxylation sites is 2. The highest BCUT2D eigenvalue weighted by Crippen LogP contribution is 2.51. The van der Waals surface area contributed by atoms with E-state index in [-0.39, 0.29) is 6.71 Å². The average molecular weight is 661 g/mol. The first-order chi connectivity index (χ1) is 25.3. The van der Waals surface area contributed by atoms with Crippen LogP contribution in [0.3, 0.4) is 0 Å². The van der Waals surface area contributed by atoms with Crippen LogP contribution in [0.4, 0.5) is 28.4 Å². The lowest BCUT2D eigenvalue weighted by Crippen LogP contribution is -2.57. The fourth-order valence-electron chi connectivity index (χ4n) is 11.0. The molecule has 4 aliphatic carbocycles. The van der Waals surface area contributed by atoms with Crippen LogP contribution in [-0.4, -0.2) is 6.71 Å². The van der Waals surface area contributed by atoms with Crippen molar-refractivity contribution in [3.8, 4) is 0 Å². The Morgan fingerprint density at radius 3 is 2.02 bits per heavy atom. The van der Waals surface area contributed by atoms with E-state index in [2.05, 4.69) is 125 Å². The molecule has 5 aromatic carbocycles. The van der Waals surface area contributed by atoms with Gasteiger partial charge in [0.05, 0.1) is 0 Å². The fourth-order valence-corrected chi connectivity index (χ4v) is 11.0. The number of nitrogens with zero attached hydrogens (tertiary/aromatic N) is 2. The van der Waals surface area contributed by atoms with Gasteiger partial charge in [-0.3, -0.25) is 0 Å². The van der Waals surface area contributed by atoms with E-state index in [1.54, 1.807) is 22.2 Å². The molecule has 5 aromatic rings. The van der Waals surface area contributed by atoms with Gasteiger partial charge in [-0.1, -0.05) is 84.2 Å². The van der Waals surface area contributed by atoms with Gasteiger partial charge < -0.3 is 9.80 Å². The number of allylic oxidation sites excluding steroid dienone is 3. The maximum atomic E-state index is 2.69. The maximum Gasteiger partial charge on any atom is 0.247 e. The molecule has 6 aliphatic rings. The third kappa shape index (κ3) is 4.70. The minimum atomic E-state index is 0.263. The predicted molar refractivity (Wildman–Crippen MR) is 214 cm³/mol. The Labute approximate surface area is 303 Å². The smallest absolute Gasteiger partial charge is 0.247 e. The predicted octanol–water partition coefficient (Wildman–Crippen LogP) is 10.9. The van der Waals surface area contributed by atoms with Gasteiger partial charge in [0.25, 0.3) is 0 Å². The molecule has 2 nitrogen and oxygen atoms in total. The summed E-state index contributed by atoms with van der Waals surface area (Å²) in [4.78, 5) is 5.35. The van der Waals surface area contributed by atoms with Crippen molar-refractivity contribution in [3.05, 3.63) is 160 Å². The number of hydrogen-bond acceptors (Lipinski definition) is 2. The van der Waals surface area contributed by atoms with Gasteiger partial charge in [0.1, 0.15) is 0 Å². The van der Waals surface area contributed by atoms with Gasteiger partial charge in [-0.25, -0.2) is 0 Å². The zero-order valence-corrected chi connectivity index (χ0v) is 29.6. The number of rotatable bonds is 3. The van der Waals surface area contributed by atoms with Crippen molar-refractivity contribution in [2.45, 2.75) is 83.0 Å². The van der Waals surface area contributed by atoms with Crippen LogP contribution in [0.15, 0.2) is 132 Å². The molecule has 2 aliphatic heterocycles. The molecule has 0 bridgehead atoms. The van der Waals surface area contributed by atoms with Crippen molar-refractivity contribution in [1.82, 2.24) is 0 Å². The zero-order valence-electron chi connectivity index (χ0n) is 29.6. The van der Waals surface area contributed by atoms with Gasteiger partial charge in [0.15, 0.2) is 0 Å². The topological polar surface area (TPSA) is 6.48 Å². The summed E-state index contributed by atoms with van der Waals surface area (Å²) in [5.74, 6) is 1.06. The molecule has 2 unspecified atom stereocenters. The Morgan fingerprint density at radius 2 is 1.22 bits per heavy atom. The highest BCUT2D eigenvalue weighted by Gasteiger charge is 2.47. The number of hydrogen-bond donors (Lipinski definition) is 0. The second-order valence-electron chi connectivity index (χ2n) is 16.1. The van der Waals surface area contributed by atoms with Crippen LogP contribution in [0.2, 0.25) is 0 Å². The summed E-state index contributed by atoms with van der Waals surface area (Å²) in [5.41, 5.74) is 22.2. The van der Waals surface area contributed by atoms with Gasteiger partial charge in [-0.2, -0.15) is 0 Å². The minimum Gasteiger partial charge on any atom is -0.312 e. The van der Waals surface area contributed by atoms with Crippen LogP contribution in [0.5, 0.6) is 0 Å². The van der Waals surface area contributed by atoms with Gasteiger partial charge in [0.2, 0.25) is 6.71 Å². The van der Waals surface area contributed by atoms with Crippen LogP contribution in [0.25, 0.3) is 0 Å². The Hall–Kier alpha value is -4.76. The Kier molecular flexibility index (Phi) is 6.99. The molecule has 0 radical (unpaired) electrons. The minimum absolute atomic E-state index is 0.263. The molecule has 2 atom stereocenters. The fraction of sp³-hybridized carbons (Fsp3) is 0.292. The molecule has 11 rings (SSSR count). The molecule has 0 aromatic heterocycles. The summed E-state index contributed by atoms with van der Waals surface area (Å²) in [6.07, 6.45) is 17.7. The molecule has 0 spiro atoms. The normalized spacial score (nSPS) is 21.5. The number of benzene rings is 5. The lowest BCUT2D eigenvalue weighted by Gasteiger charge is -2.48. The van der Waals surface area contributed by atoms with E-state index < -0.39 is 0 Å². The molecule has 0 N–H and O–H groups in total. The van der Waals surface area contributed by atoms with Crippen molar-refractivity contribution in [2.75, 3.05) is 9.80 Å². The summed E-state index contributed by atoms with van der Waals surface area (Å²) in [5, 5.41) is 0. The van der Waals surface area contributed by atoms with E-state index in [1.807, 2.05) is 0 Å². The monoisotopic (exact) mass is 660 g/mol. The Morgan fingerprint density at radius 1 is 0.549 bits per heavy atom. The summed E-state index contributed by atoms with van der Waals surface area (Å²) in [7, 11) is 0. The van der Waals surface area contributed by atoms with Gasteiger partial charge in [-0.15, -0.1) is 0 Å². The van der Waals surface area contributed by atoms with Crippen LogP contribution in [0.1, 0.15) is 91.5 Å². The highest BCUT2D eigenvalue weighted by molar-refractivity contribution is 6.95. The number of fused-ring (bicyclic) bond motifs is 6. The molecule has 2 heterocycles. The quantitative estimate of drug-likeness (QED) is 0.178. The summed E-state index contributed by atoms with van der Waals surface area (Å²) in [6.45, 7) is 0.263. The van der Waals surface area contributed by atoms with Gasteiger partial charge in [0, 0.05) is 40.1 Å². The van der Waals surface area contributed by atoms with E-state index in [0.29, 0.717) is 11.8 Å². The summed E-state index contributed by atoms with van der Waals surface area (Å²) >= 11 is 0. The molecular formula is C48H45BN2. The van der Waals surface area contributed by atoms with E-state index >= 15 is 0 Å². The number of anilines is 5. The summed E-state index contributed by atoms with van der Waals surface area (Å²) in [6, 6.07) is 42.4. The average Bonchev–Trinajstić information content (AvgIpc) is 3.19. The van der Waals surface area contributed by atoms with Crippen molar-refractivity contribution in [2.24, 2.45) is 5.92 Å². The molecule has 51 heavy (non-hydrogen) atoms. The third-order valence-electron chi connectivity index (χ3n) is 13.3. The zero-order chi connectivity index (χ0) is 33.5. The van der Waals surface area contributed by atoms with E-state index in [4.69, 9.17) is 0 Å². The standard InChI is InChI=1S/C48H45BN2/c1-3-20-38(21-4-1)50-44-28-35-17-9-7-15-33(35)26-42(44)49-43-27-34-16-8-10-18-36(34)29-45(43)51(39-22-5-2-6-23-39)47-31-37(30-46(50)48(47)49)41-25-13-19-32-14-11-12-24-40(32)41/h1-6,11-12,14,20-24,26,28-31,34,41H,7-10,13,15-19,25,27H2. The van der Waals surface area contributed by atoms with Crippen molar-refractivity contribution in [3.63, 3.8) is 0 Å². The molecule has 1 saturated carbocycles. The van der Waals surface area contributed by atoms with E-state index in [1.165, 1.54) is 139 Å². The Balaban J connectivity index is 1.24. The SMILES string of the molecule is C1=C2CCCCC2CC2=C1N(c1ccccc1)c1cc(C3CCCc4ccccc43)cc3c1B2c1cc2c(cc1N3c1ccccc1)CCCC2. The van der Waals surface area contributed by atoms with Crippen LogP contribution >= 0.6 is 0 Å². The van der Waals surface area contributed by atoms with Crippen LogP contribution in [0, 0.1) is 5.92 Å². The van der Waals surface area contributed by atoms with Crippen LogP contribution in [-0.2, 0) is 19.3 Å². The molecule has 250 valence electrons. The lowest BCUT2D eigenvalue weighted by molar-refractivity contribution is 0.447. The molecule has 0 saturated heterocycles. The molecule has 0 amide bonds. The van der Waals surface area contributed by atoms with Crippen molar-refractivity contribution >= 4 is 46.1 Å². The molecular weight excluding hydrogens is 615 g/mol. The van der Waals surface area contributed by atoms with Gasteiger partial charge >= 0.3 is 0 Å². The van der Waals surface area contributed by atoms with Crippen molar-refractivity contribution in [1.29, 1.82) is 0 Å². The number of aryl methyl sites for hydroxylation is 3. The second-order valence-corrected chi connectivity index (χ2v) is 16.1. The lowest BCUT2D eigenvalue weighted by atomic mass is 9.31. The van der Waals surface area contributed by atoms with E-state index in [9.17, 15) is 0 Å². The molecule has 1 fully saturated rings. The molecule has 3 heteroatoms. The maximum absolute atomic E-state index is 2.69. The first kappa shape index (κ1) is 29.9. The van der Waals surface area contributed by atoms with Crippen molar-refractivity contribution < 1.29 is 0 Å². The highest BCUT2D eigenvalue weighted by atomic mass is 15.2. The Bertz CT molecular complexity index is 2250. The summed E-state index contributed by atoms with van der Waals surface area (Å²) < 4.78 is 0. The largest absolute Gasteiger partial charge is 0.312 e. The van der Waals surface area contributed by atoms with Crippen LogP contribution < -0.4 is 20.7 Å². The first-order valence-corrected chi connectivity index (χ1v) is 19.9. The van der Waals surface area contributed by atoms with Gasteiger partial charge in [-0.05, 0) is 164 Å². The van der Waals surface area contributed by atoms with E-state index in [0.717, 1.165) is 0 Å². The first-order valence-electron chi connectivity index (χ1n) is 19.9. The second kappa shape index (κ2) is 11.9.